The van der Waals surface area contributed by atoms with E-state index in [0.29, 0.717) is 23.1 Å². The summed E-state index contributed by atoms with van der Waals surface area (Å²) in [5, 5.41) is 5.94. The first-order valence-electron chi connectivity index (χ1n) is 8.71. The number of nitrogens with two attached hydrogens (primary N) is 1. The average Bonchev–Trinajstić information content (AvgIpc) is 3.10. The number of hydrogen-bond donors (Lipinski definition) is 3. The van der Waals surface area contributed by atoms with Crippen LogP contribution in [0.3, 0.4) is 0 Å². The quantitative estimate of drug-likeness (QED) is 0.202. The summed E-state index contributed by atoms with van der Waals surface area (Å²) >= 11 is 0. The van der Waals surface area contributed by atoms with Crippen LogP contribution in [0.25, 0.3) is 0 Å². The summed E-state index contributed by atoms with van der Waals surface area (Å²) in [4.78, 5) is 26.3. The summed E-state index contributed by atoms with van der Waals surface area (Å²) in [7, 11) is 0. The molecule has 3 aromatic rings. The zero-order valence-electron chi connectivity index (χ0n) is 15.0. The molecule has 0 spiro atoms. The Balaban J connectivity index is 1.84. The van der Waals surface area contributed by atoms with Crippen LogP contribution in [0.2, 0.25) is 0 Å². The van der Waals surface area contributed by atoms with Gasteiger partial charge < -0.3 is 16.4 Å². The number of carbonyl (C=O) groups is 2. The van der Waals surface area contributed by atoms with E-state index < -0.39 is 23.2 Å². The van der Waals surface area contributed by atoms with Crippen molar-refractivity contribution in [1.82, 2.24) is 0 Å². The van der Waals surface area contributed by atoms with Crippen LogP contribution in [0.5, 0.6) is 0 Å². The first-order chi connectivity index (χ1) is 13.9. The molecule has 3 aromatic carbocycles. The summed E-state index contributed by atoms with van der Waals surface area (Å²) in [6, 6.07) is 15.6. The number of carbonyl (C=O) groups excluding carboxylic acids is 2. The van der Waals surface area contributed by atoms with Gasteiger partial charge in [0.05, 0.1) is 11.4 Å². The third-order valence-corrected chi connectivity index (χ3v) is 4.43. The van der Waals surface area contributed by atoms with E-state index in [1.807, 2.05) is 0 Å². The largest absolute Gasteiger partial charge is 0.399 e. The number of anilines is 3. The molecule has 1 heterocycles. The minimum atomic E-state index is -0.909. The number of ketones is 2. The van der Waals surface area contributed by atoms with Crippen LogP contribution in [0.4, 0.5) is 25.8 Å². The van der Waals surface area contributed by atoms with Gasteiger partial charge in [-0.25, -0.2) is 8.78 Å². The molecule has 0 aliphatic carbocycles. The molecule has 5 nitrogen and oxygen atoms in total. The summed E-state index contributed by atoms with van der Waals surface area (Å²) < 4.78 is 27.3. The van der Waals surface area contributed by atoms with Gasteiger partial charge in [-0.1, -0.05) is 30.3 Å². The Hall–Kier alpha value is -4.00. The lowest BCUT2D eigenvalue weighted by molar-refractivity contribution is 0.0960. The zero-order chi connectivity index (χ0) is 20.5. The Morgan fingerprint density at radius 2 is 1.34 bits per heavy atom. The van der Waals surface area contributed by atoms with Crippen molar-refractivity contribution in [2.75, 3.05) is 16.4 Å². The fourth-order valence-corrected chi connectivity index (χ4v) is 3.09. The molecule has 4 rings (SSSR count). The van der Waals surface area contributed by atoms with E-state index >= 15 is 0 Å². The molecular formula is C22H15F2N3O2. The molecular weight excluding hydrogens is 376 g/mol. The molecule has 0 radical (unpaired) electrons. The molecule has 0 bridgehead atoms. The van der Waals surface area contributed by atoms with Crippen LogP contribution < -0.4 is 16.4 Å². The minimum Gasteiger partial charge on any atom is -0.399 e. The molecule has 0 amide bonds. The molecule has 144 valence electrons. The van der Waals surface area contributed by atoms with E-state index in [2.05, 4.69) is 10.6 Å². The summed E-state index contributed by atoms with van der Waals surface area (Å²) in [5.41, 5.74) is 7.20. The second-order valence-corrected chi connectivity index (χ2v) is 6.49. The van der Waals surface area contributed by atoms with Crippen LogP contribution in [0.15, 0.2) is 78.1 Å². The van der Waals surface area contributed by atoms with Crippen LogP contribution >= 0.6 is 0 Å². The Labute approximate surface area is 164 Å². The number of halogens is 2. The van der Waals surface area contributed by atoms with Gasteiger partial charge in [-0.3, -0.25) is 9.59 Å². The van der Waals surface area contributed by atoms with Gasteiger partial charge in [-0.2, -0.15) is 0 Å². The summed E-state index contributed by atoms with van der Waals surface area (Å²) in [6.07, 6.45) is 0. The monoisotopic (exact) mass is 391 g/mol. The minimum absolute atomic E-state index is 0.120. The molecule has 1 aliphatic heterocycles. The third-order valence-electron chi connectivity index (χ3n) is 4.43. The molecule has 4 N–H and O–H groups in total. The number of rotatable bonds is 4. The number of allylic oxidation sites excluding steroid dienone is 1. The van der Waals surface area contributed by atoms with Crippen molar-refractivity contribution in [3.8, 4) is 0 Å². The second kappa shape index (κ2) is 7.20. The zero-order valence-corrected chi connectivity index (χ0v) is 15.0. The third kappa shape index (κ3) is 3.58. The predicted molar refractivity (Wildman–Crippen MR) is 107 cm³/mol. The van der Waals surface area contributed by atoms with E-state index in [0.717, 1.165) is 12.1 Å². The van der Waals surface area contributed by atoms with Crippen molar-refractivity contribution < 1.29 is 18.4 Å². The molecule has 0 unspecified atom stereocenters. The lowest BCUT2D eigenvalue weighted by atomic mass is 9.95. The van der Waals surface area contributed by atoms with Gasteiger partial charge in [0, 0.05) is 22.9 Å². The SMILES string of the molecule is Nc1ccc2c(c1)NC(=C(C(=O)c1ccccc1)C(=O)c1cc(F)cc(F)c1)N2. The van der Waals surface area contributed by atoms with E-state index in [1.54, 1.807) is 48.5 Å². The highest BCUT2D eigenvalue weighted by Gasteiger charge is 2.29. The normalized spacial score (nSPS) is 13.9. The fraction of sp³-hybridized carbons (Fsp3) is 0. The Kier molecular flexibility index (Phi) is 4.56. The summed E-state index contributed by atoms with van der Waals surface area (Å²) in [6.45, 7) is 0. The van der Waals surface area contributed by atoms with Crippen LogP contribution in [0, 0.1) is 11.6 Å². The molecule has 0 saturated heterocycles. The number of Topliss-reactive ketones (excluding diaryl/α,β-unsaturated/α-hetero) is 2. The molecule has 0 saturated carbocycles. The van der Waals surface area contributed by atoms with E-state index in [-0.39, 0.29) is 22.5 Å². The van der Waals surface area contributed by atoms with E-state index in [1.165, 1.54) is 0 Å². The maximum atomic E-state index is 13.7. The maximum Gasteiger partial charge on any atom is 0.200 e. The van der Waals surface area contributed by atoms with Gasteiger partial charge in [0.25, 0.3) is 0 Å². The van der Waals surface area contributed by atoms with Crippen LogP contribution in [0.1, 0.15) is 20.7 Å². The highest BCUT2D eigenvalue weighted by atomic mass is 19.1. The smallest absolute Gasteiger partial charge is 0.200 e. The number of fused-ring (bicyclic) bond motifs is 1. The molecule has 0 atom stereocenters. The van der Waals surface area contributed by atoms with Crippen molar-refractivity contribution in [3.05, 3.63) is 101 Å². The van der Waals surface area contributed by atoms with Crippen molar-refractivity contribution in [1.29, 1.82) is 0 Å². The molecule has 29 heavy (non-hydrogen) atoms. The highest BCUT2D eigenvalue weighted by molar-refractivity contribution is 6.32. The number of nitrogen functional groups attached to an aromatic ring is 1. The van der Waals surface area contributed by atoms with Crippen molar-refractivity contribution in [3.63, 3.8) is 0 Å². The Morgan fingerprint density at radius 1 is 0.724 bits per heavy atom. The predicted octanol–water partition coefficient (Wildman–Crippen LogP) is 4.36. The van der Waals surface area contributed by atoms with Crippen LogP contribution in [-0.4, -0.2) is 11.6 Å². The molecule has 1 aliphatic rings. The first kappa shape index (κ1) is 18.4. The Morgan fingerprint density at radius 3 is 2.03 bits per heavy atom. The Bertz CT molecular complexity index is 1150. The topological polar surface area (TPSA) is 84.2 Å². The van der Waals surface area contributed by atoms with Crippen molar-refractivity contribution in [2.24, 2.45) is 0 Å². The molecule has 0 fully saturated rings. The van der Waals surface area contributed by atoms with Gasteiger partial charge >= 0.3 is 0 Å². The van der Waals surface area contributed by atoms with Gasteiger partial charge in [0.1, 0.15) is 23.0 Å². The van der Waals surface area contributed by atoms with Gasteiger partial charge in [0.15, 0.2) is 0 Å². The maximum absolute atomic E-state index is 13.7. The summed E-state index contributed by atoms with van der Waals surface area (Å²) in [5.74, 6) is -3.10. The van der Waals surface area contributed by atoms with Gasteiger partial charge in [-0.15, -0.1) is 0 Å². The fourth-order valence-electron chi connectivity index (χ4n) is 3.09. The van der Waals surface area contributed by atoms with Crippen molar-refractivity contribution >= 4 is 28.6 Å². The van der Waals surface area contributed by atoms with Crippen molar-refractivity contribution in [2.45, 2.75) is 0 Å². The van der Waals surface area contributed by atoms with Gasteiger partial charge in [0.2, 0.25) is 11.6 Å². The van der Waals surface area contributed by atoms with E-state index in [4.69, 9.17) is 5.73 Å². The van der Waals surface area contributed by atoms with Crippen LogP contribution in [-0.2, 0) is 0 Å². The second-order valence-electron chi connectivity index (χ2n) is 6.49. The van der Waals surface area contributed by atoms with E-state index in [9.17, 15) is 18.4 Å². The lowest BCUT2D eigenvalue weighted by Crippen LogP contribution is -2.21. The molecule has 7 heteroatoms. The molecule has 0 aromatic heterocycles. The number of nitrogens with one attached hydrogen (secondary N) is 2. The average molecular weight is 391 g/mol. The number of hydrogen-bond acceptors (Lipinski definition) is 5. The standard InChI is InChI=1S/C22H15F2N3O2/c23-14-8-13(9-15(24)10-14)21(29)19(20(28)12-4-2-1-3-5-12)22-26-17-7-6-16(25)11-18(17)27-22/h1-11,26-27H,25H2. The first-order valence-corrected chi connectivity index (χ1v) is 8.71. The lowest BCUT2D eigenvalue weighted by Gasteiger charge is -2.11. The highest BCUT2D eigenvalue weighted by Crippen LogP contribution is 2.34. The number of benzene rings is 3. The van der Waals surface area contributed by atoms with Gasteiger partial charge in [-0.05, 0) is 30.3 Å².